The molecule has 0 spiro atoms. The molecule has 2 rings (SSSR count). The van der Waals surface area contributed by atoms with Crippen molar-refractivity contribution in [1.29, 1.82) is 0 Å². The zero-order chi connectivity index (χ0) is 13.0. The first-order chi connectivity index (χ1) is 8.66. The second kappa shape index (κ2) is 5.80. The maximum atomic E-state index is 4.62. The summed E-state index contributed by atoms with van der Waals surface area (Å²) in [5.41, 5.74) is 2.88. The second-order valence-electron chi connectivity index (χ2n) is 5.11. The van der Waals surface area contributed by atoms with E-state index in [1.165, 1.54) is 12.8 Å². The predicted octanol–water partition coefficient (Wildman–Crippen LogP) is 3.79. The molecular weight excluding hydrogens is 222 g/mol. The molecule has 0 radical (unpaired) electrons. The van der Waals surface area contributed by atoms with Crippen molar-refractivity contribution in [2.45, 2.75) is 33.6 Å². The lowest BCUT2D eigenvalue weighted by Gasteiger charge is -2.10. The Morgan fingerprint density at radius 1 is 1.11 bits per heavy atom. The monoisotopic (exact) mass is 243 g/mol. The van der Waals surface area contributed by atoms with Crippen LogP contribution in [0.1, 0.15) is 32.4 Å². The van der Waals surface area contributed by atoms with Gasteiger partial charge >= 0.3 is 0 Å². The number of rotatable bonds is 5. The van der Waals surface area contributed by atoms with E-state index in [0.717, 1.165) is 35.0 Å². The molecule has 0 saturated heterocycles. The van der Waals surface area contributed by atoms with Gasteiger partial charge in [-0.05, 0) is 37.8 Å². The molecule has 0 aliphatic rings. The number of nitrogens with one attached hydrogen (secondary N) is 1. The number of nitrogens with zero attached hydrogens (tertiary/aromatic N) is 2. The third kappa shape index (κ3) is 3.19. The number of benzene rings is 1. The van der Waals surface area contributed by atoms with Crippen molar-refractivity contribution in [2.24, 2.45) is 5.92 Å². The van der Waals surface area contributed by atoms with Crippen molar-refractivity contribution in [3.63, 3.8) is 0 Å². The summed E-state index contributed by atoms with van der Waals surface area (Å²) in [5, 5.41) is 3.39. The van der Waals surface area contributed by atoms with Gasteiger partial charge in [0, 0.05) is 6.54 Å². The summed E-state index contributed by atoms with van der Waals surface area (Å²) in [5.74, 6) is 1.67. The number of aromatic nitrogens is 2. The number of hydrogen-bond acceptors (Lipinski definition) is 3. The van der Waals surface area contributed by atoms with Crippen LogP contribution in [0.4, 0.5) is 5.82 Å². The minimum absolute atomic E-state index is 0.760. The quantitative estimate of drug-likeness (QED) is 0.812. The van der Waals surface area contributed by atoms with Crippen LogP contribution in [-0.2, 0) is 0 Å². The topological polar surface area (TPSA) is 37.8 Å². The molecule has 1 heterocycles. The highest BCUT2D eigenvalue weighted by atomic mass is 15.0. The Morgan fingerprint density at radius 2 is 1.78 bits per heavy atom. The van der Waals surface area contributed by atoms with Crippen molar-refractivity contribution < 1.29 is 0 Å². The Kier molecular flexibility index (Phi) is 4.13. The molecule has 3 nitrogen and oxygen atoms in total. The molecule has 2 aromatic rings. The number of fused-ring (bicyclic) bond motifs is 1. The van der Waals surface area contributed by atoms with Gasteiger partial charge in [-0.15, -0.1) is 0 Å². The number of anilines is 1. The molecule has 0 atom stereocenters. The largest absolute Gasteiger partial charge is 0.369 e. The van der Waals surface area contributed by atoms with Crippen LogP contribution in [0, 0.1) is 12.8 Å². The molecule has 0 aliphatic carbocycles. The van der Waals surface area contributed by atoms with E-state index in [2.05, 4.69) is 29.1 Å². The molecule has 1 aromatic heterocycles. The third-order valence-corrected chi connectivity index (χ3v) is 3.00. The van der Waals surface area contributed by atoms with E-state index in [4.69, 9.17) is 0 Å². The normalized spacial score (nSPS) is 11.1. The van der Waals surface area contributed by atoms with E-state index in [1.54, 1.807) is 0 Å². The first-order valence-corrected chi connectivity index (χ1v) is 6.64. The smallest absolute Gasteiger partial charge is 0.148 e. The molecule has 0 aliphatic heterocycles. The van der Waals surface area contributed by atoms with Gasteiger partial charge in [0.2, 0.25) is 0 Å². The highest BCUT2D eigenvalue weighted by Crippen LogP contribution is 2.16. The van der Waals surface area contributed by atoms with E-state index in [9.17, 15) is 0 Å². The van der Waals surface area contributed by atoms with Crippen molar-refractivity contribution in [3.8, 4) is 0 Å². The fraction of sp³-hybridized carbons (Fsp3) is 0.467. The van der Waals surface area contributed by atoms with Gasteiger partial charge in [0.25, 0.3) is 0 Å². The van der Waals surface area contributed by atoms with Gasteiger partial charge in [-0.25, -0.2) is 9.97 Å². The van der Waals surface area contributed by atoms with Crippen LogP contribution >= 0.6 is 0 Å². The minimum Gasteiger partial charge on any atom is -0.369 e. The van der Waals surface area contributed by atoms with Gasteiger partial charge in [-0.3, -0.25) is 0 Å². The molecule has 18 heavy (non-hydrogen) atoms. The summed E-state index contributed by atoms with van der Waals surface area (Å²) in [6.07, 6.45) is 2.42. The van der Waals surface area contributed by atoms with E-state index in [1.807, 2.05) is 31.2 Å². The first-order valence-electron chi connectivity index (χ1n) is 6.64. The molecular formula is C15H21N3. The zero-order valence-corrected chi connectivity index (χ0v) is 11.4. The van der Waals surface area contributed by atoms with Crippen molar-refractivity contribution in [3.05, 3.63) is 30.0 Å². The molecule has 96 valence electrons. The highest BCUT2D eigenvalue weighted by Gasteiger charge is 2.04. The average molecular weight is 243 g/mol. The fourth-order valence-corrected chi connectivity index (χ4v) is 1.97. The molecule has 3 heteroatoms. The van der Waals surface area contributed by atoms with Crippen molar-refractivity contribution >= 4 is 16.9 Å². The summed E-state index contributed by atoms with van der Waals surface area (Å²) in [4.78, 5) is 9.18. The lowest BCUT2D eigenvalue weighted by Crippen LogP contribution is -2.07. The van der Waals surface area contributed by atoms with Crippen LogP contribution in [0.5, 0.6) is 0 Å². The van der Waals surface area contributed by atoms with Gasteiger partial charge in [0.15, 0.2) is 0 Å². The number of para-hydroxylation sites is 2. The lowest BCUT2D eigenvalue weighted by molar-refractivity contribution is 0.566. The SMILES string of the molecule is Cc1nc2ccccc2nc1NCCCC(C)C. The van der Waals surface area contributed by atoms with Crippen LogP contribution in [-0.4, -0.2) is 16.5 Å². The van der Waals surface area contributed by atoms with Gasteiger partial charge in [-0.2, -0.15) is 0 Å². The first kappa shape index (κ1) is 12.8. The molecule has 0 fully saturated rings. The van der Waals surface area contributed by atoms with E-state index in [-0.39, 0.29) is 0 Å². The van der Waals surface area contributed by atoms with Crippen LogP contribution in [0.3, 0.4) is 0 Å². The number of hydrogen-bond donors (Lipinski definition) is 1. The van der Waals surface area contributed by atoms with Gasteiger partial charge < -0.3 is 5.32 Å². The fourth-order valence-electron chi connectivity index (χ4n) is 1.97. The Labute approximate surface area is 109 Å². The van der Waals surface area contributed by atoms with Crippen molar-refractivity contribution in [1.82, 2.24) is 9.97 Å². The molecule has 1 N–H and O–H groups in total. The lowest BCUT2D eigenvalue weighted by atomic mass is 10.1. The molecule has 1 aromatic carbocycles. The van der Waals surface area contributed by atoms with Gasteiger partial charge in [0.05, 0.1) is 16.7 Å². The zero-order valence-electron chi connectivity index (χ0n) is 11.4. The molecule has 0 amide bonds. The Bertz CT molecular complexity index is 520. The predicted molar refractivity (Wildman–Crippen MR) is 76.8 cm³/mol. The summed E-state index contributed by atoms with van der Waals surface area (Å²) in [6, 6.07) is 7.99. The van der Waals surface area contributed by atoms with Crippen LogP contribution in [0.2, 0.25) is 0 Å². The third-order valence-electron chi connectivity index (χ3n) is 3.00. The molecule has 0 saturated carbocycles. The minimum atomic E-state index is 0.760. The van der Waals surface area contributed by atoms with Crippen LogP contribution in [0.25, 0.3) is 11.0 Å². The molecule has 0 unspecified atom stereocenters. The Balaban J connectivity index is 2.06. The number of aryl methyl sites for hydroxylation is 1. The maximum Gasteiger partial charge on any atom is 0.148 e. The Hall–Kier alpha value is -1.64. The summed E-state index contributed by atoms with van der Waals surface area (Å²) in [7, 11) is 0. The summed E-state index contributed by atoms with van der Waals surface area (Å²) >= 11 is 0. The van der Waals surface area contributed by atoms with Crippen LogP contribution in [0.15, 0.2) is 24.3 Å². The summed E-state index contributed by atoms with van der Waals surface area (Å²) < 4.78 is 0. The van der Waals surface area contributed by atoms with E-state index < -0.39 is 0 Å². The van der Waals surface area contributed by atoms with Crippen LogP contribution < -0.4 is 5.32 Å². The second-order valence-corrected chi connectivity index (χ2v) is 5.11. The maximum absolute atomic E-state index is 4.62. The van der Waals surface area contributed by atoms with Gasteiger partial charge in [0.1, 0.15) is 5.82 Å². The standard InChI is InChI=1S/C15H21N3/c1-11(2)7-6-10-16-15-12(3)17-13-8-4-5-9-14(13)18-15/h4-5,8-9,11H,6-7,10H2,1-3H3,(H,16,18). The summed E-state index contributed by atoms with van der Waals surface area (Å²) in [6.45, 7) is 7.47. The van der Waals surface area contributed by atoms with Crippen molar-refractivity contribution in [2.75, 3.05) is 11.9 Å². The highest BCUT2D eigenvalue weighted by molar-refractivity contribution is 5.76. The molecule has 0 bridgehead atoms. The van der Waals surface area contributed by atoms with Gasteiger partial charge in [-0.1, -0.05) is 26.0 Å². The van der Waals surface area contributed by atoms with E-state index in [0.29, 0.717) is 0 Å². The average Bonchev–Trinajstić information content (AvgIpc) is 2.34. The Morgan fingerprint density at radius 3 is 2.44 bits per heavy atom. The van der Waals surface area contributed by atoms with E-state index >= 15 is 0 Å².